The Labute approximate surface area is 158 Å². The number of nitrogens with two attached hydrogens (primary N) is 1. The van der Waals surface area contributed by atoms with Gasteiger partial charge in [-0.2, -0.15) is 0 Å². The molecule has 0 fully saturated rings. The second-order valence-electron chi connectivity index (χ2n) is 6.10. The summed E-state index contributed by atoms with van der Waals surface area (Å²) in [5.74, 6) is -0.680. The zero-order valence-electron chi connectivity index (χ0n) is 15.2. The van der Waals surface area contributed by atoms with E-state index in [-0.39, 0.29) is 19.0 Å². The topological polar surface area (TPSA) is 129 Å². The molecule has 0 spiro atoms. The second kappa shape index (κ2) is 9.59. The van der Waals surface area contributed by atoms with Gasteiger partial charge in [0.2, 0.25) is 0 Å². The average Bonchev–Trinajstić information content (AvgIpc) is 2.65. The lowest BCUT2D eigenvalue weighted by Crippen LogP contribution is -2.22. The van der Waals surface area contributed by atoms with Gasteiger partial charge in [0.15, 0.2) is 6.04 Å². The van der Waals surface area contributed by atoms with Crippen LogP contribution in [0.1, 0.15) is 36.1 Å². The predicted octanol–water partition coefficient (Wildman–Crippen LogP) is 2.53. The molecule has 144 valence electrons. The fourth-order valence-electron chi connectivity index (χ4n) is 2.74. The molecule has 27 heavy (non-hydrogen) atoms. The van der Waals surface area contributed by atoms with Crippen LogP contribution < -0.4 is 15.8 Å². The van der Waals surface area contributed by atoms with Crippen LogP contribution in [0.15, 0.2) is 42.5 Å². The van der Waals surface area contributed by atoms with E-state index in [9.17, 15) is 9.90 Å². The molecule has 1 atom stereocenters. The Morgan fingerprint density at radius 2 is 1.96 bits per heavy atom. The lowest BCUT2D eigenvalue weighted by atomic mass is 10.00. The number of aliphatic carboxylic acids is 1. The van der Waals surface area contributed by atoms with Gasteiger partial charge in [0.25, 0.3) is 0 Å². The molecule has 0 amide bonds. The van der Waals surface area contributed by atoms with Crippen LogP contribution in [0, 0.1) is 5.41 Å². The van der Waals surface area contributed by atoms with Crippen molar-refractivity contribution in [1.82, 2.24) is 0 Å². The summed E-state index contributed by atoms with van der Waals surface area (Å²) in [4.78, 5) is 12.0. The van der Waals surface area contributed by atoms with E-state index in [1.165, 1.54) is 0 Å². The zero-order valence-corrected chi connectivity index (χ0v) is 15.2. The van der Waals surface area contributed by atoms with Crippen LogP contribution in [0.4, 0.5) is 5.69 Å². The van der Waals surface area contributed by atoms with Gasteiger partial charge in [-0.1, -0.05) is 19.4 Å². The highest BCUT2D eigenvalue weighted by molar-refractivity contribution is 5.95. The standard InChI is InChI=1S/C20H25N3O4/c1-2-3-13-4-9-17(27-11-10-24)16(12-13)18(20(25)26)23-15-7-5-14(6-8-15)19(21)22/h4-9,12,18,23-24H,2-3,10-11H2,1H3,(H3,21,22)(H,25,26). The average molecular weight is 371 g/mol. The van der Waals surface area contributed by atoms with Crippen molar-refractivity contribution in [2.24, 2.45) is 5.73 Å². The van der Waals surface area contributed by atoms with E-state index in [4.69, 9.17) is 21.0 Å². The summed E-state index contributed by atoms with van der Waals surface area (Å²) in [6, 6.07) is 11.1. The molecule has 0 aromatic heterocycles. The molecule has 0 heterocycles. The van der Waals surface area contributed by atoms with E-state index in [0.29, 0.717) is 22.6 Å². The molecule has 0 saturated carbocycles. The van der Waals surface area contributed by atoms with Crippen molar-refractivity contribution >= 4 is 17.5 Å². The number of nitrogen functional groups attached to an aromatic ring is 1. The highest BCUT2D eigenvalue weighted by Gasteiger charge is 2.24. The van der Waals surface area contributed by atoms with Crippen LogP contribution in [0.3, 0.4) is 0 Å². The number of amidine groups is 1. The SMILES string of the molecule is CCCc1ccc(OCCO)c(C(Nc2ccc(C(=N)N)cc2)C(=O)O)c1. The van der Waals surface area contributed by atoms with Crippen molar-refractivity contribution in [3.8, 4) is 5.75 Å². The molecule has 0 saturated heterocycles. The van der Waals surface area contributed by atoms with Crippen LogP contribution in [-0.2, 0) is 11.2 Å². The number of aliphatic hydroxyl groups is 1. The van der Waals surface area contributed by atoms with Gasteiger partial charge in [0.05, 0.1) is 6.61 Å². The lowest BCUT2D eigenvalue weighted by molar-refractivity contribution is -0.138. The third kappa shape index (κ3) is 5.46. The second-order valence-corrected chi connectivity index (χ2v) is 6.10. The summed E-state index contributed by atoms with van der Waals surface area (Å²) in [5.41, 5.74) is 8.11. The van der Waals surface area contributed by atoms with Crippen LogP contribution in [0.5, 0.6) is 5.75 Å². The minimum atomic E-state index is -1.05. The first-order valence-electron chi connectivity index (χ1n) is 8.76. The molecule has 0 aliphatic carbocycles. The van der Waals surface area contributed by atoms with E-state index in [0.717, 1.165) is 18.4 Å². The third-order valence-electron chi connectivity index (χ3n) is 4.03. The Morgan fingerprint density at radius 3 is 2.52 bits per heavy atom. The number of aliphatic hydroxyl groups excluding tert-OH is 1. The van der Waals surface area contributed by atoms with Crippen LogP contribution >= 0.6 is 0 Å². The molecular weight excluding hydrogens is 346 g/mol. The van der Waals surface area contributed by atoms with Gasteiger partial charge in [-0.05, 0) is 48.4 Å². The number of ether oxygens (including phenoxy) is 1. The molecule has 0 bridgehead atoms. The van der Waals surface area contributed by atoms with Crippen molar-refractivity contribution < 1.29 is 19.7 Å². The first kappa shape index (κ1) is 20.3. The summed E-state index contributed by atoms with van der Waals surface area (Å²) >= 11 is 0. The monoisotopic (exact) mass is 371 g/mol. The molecule has 0 radical (unpaired) electrons. The van der Waals surface area contributed by atoms with Crippen molar-refractivity contribution in [1.29, 1.82) is 5.41 Å². The number of carbonyl (C=O) groups is 1. The summed E-state index contributed by atoms with van der Waals surface area (Å²) in [5, 5.41) is 29.2. The number of aryl methyl sites for hydroxylation is 1. The molecule has 1 unspecified atom stereocenters. The molecule has 0 aliphatic heterocycles. The van der Waals surface area contributed by atoms with Gasteiger partial charge >= 0.3 is 5.97 Å². The van der Waals surface area contributed by atoms with Gasteiger partial charge in [0.1, 0.15) is 18.2 Å². The lowest BCUT2D eigenvalue weighted by Gasteiger charge is -2.20. The van der Waals surface area contributed by atoms with E-state index < -0.39 is 12.0 Å². The Bertz CT molecular complexity index is 790. The number of nitrogens with one attached hydrogen (secondary N) is 2. The maximum atomic E-state index is 12.0. The van der Waals surface area contributed by atoms with Crippen molar-refractivity contribution in [3.05, 3.63) is 59.2 Å². The smallest absolute Gasteiger partial charge is 0.330 e. The number of carboxylic acids is 1. The largest absolute Gasteiger partial charge is 0.491 e. The number of anilines is 1. The Balaban J connectivity index is 2.36. The van der Waals surface area contributed by atoms with Gasteiger partial charge < -0.3 is 26.0 Å². The highest BCUT2D eigenvalue weighted by atomic mass is 16.5. The number of benzene rings is 2. The van der Waals surface area contributed by atoms with Crippen molar-refractivity contribution in [3.63, 3.8) is 0 Å². The fourth-order valence-corrected chi connectivity index (χ4v) is 2.74. The molecule has 7 heteroatoms. The van der Waals surface area contributed by atoms with Gasteiger partial charge in [-0.15, -0.1) is 0 Å². The first-order chi connectivity index (χ1) is 13.0. The number of hydrogen-bond acceptors (Lipinski definition) is 5. The van der Waals surface area contributed by atoms with Gasteiger partial charge in [0, 0.05) is 16.8 Å². The van der Waals surface area contributed by atoms with E-state index in [1.807, 2.05) is 12.1 Å². The van der Waals surface area contributed by atoms with E-state index in [2.05, 4.69) is 12.2 Å². The first-order valence-corrected chi connectivity index (χ1v) is 8.76. The highest BCUT2D eigenvalue weighted by Crippen LogP contribution is 2.30. The van der Waals surface area contributed by atoms with Crippen LogP contribution in [-0.4, -0.2) is 35.2 Å². The number of hydrogen-bond donors (Lipinski definition) is 5. The Morgan fingerprint density at radius 1 is 1.26 bits per heavy atom. The zero-order chi connectivity index (χ0) is 19.8. The Kier molecular flexibility index (Phi) is 7.19. The van der Waals surface area contributed by atoms with Crippen molar-refractivity contribution in [2.45, 2.75) is 25.8 Å². The number of carboxylic acid groups (broad SMARTS) is 1. The van der Waals surface area contributed by atoms with Crippen LogP contribution in [0.25, 0.3) is 0 Å². The molecule has 6 N–H and O–H groups in total. The van der Waals surface area contributed by atoms with Crippen molar-refractivity contribution in [2.75, 3.05) is 18.5 Å². The predicted molar refractivity (Wildman–Crippen MR) is 104 cm³/mol. The summed E-state index contributed by atoms with van der Waals surface area (Å²) < 4.78 is 5.54. The third-order valence-corrected chi connectivity index (χ3v) is 4.03. The molecule has 7 nitrogen and oxygen atoms in total. The normalized spacial score (nSPS) is 11.6. The minimum Gasteiger partial charge on any atom is -0.491 e. The molecule has 0 aliphatic rings. The maximum absolute atomic E-state index is 12.0. The fraction of sp³-hybridized carbons (Fsp3) is 0.300. The molecule has 2 aromatic carbocycles. The minimum absolute atomic E-state index is 0.0525. The van der Waals surface area contributed by atoms with Gasteiger partial charge in [-0.25, -0.2) is 4.79 Å². The summed E-state index contributed by atoms with van der Waals surface area (Å²) in [6.07, 6.45) is 1.76. The van der Waals surface area contributed by atoms with Crippen LogP contribution in [0.2, 0.25) is 0 Å². The summed E-state index contributed by atoms with van der Waals surface area (Å²) in [7, 11) is 0. The van der Waals surface area contributed by atoms with Gasteiger partial charge in [-0.3, -0.25) is 5.41 Å². The van der Waals surface area contributed by atoms with E-state index in [1.54, 1.807) is 30.3 Å². The molecule has 2 aromatic rings. The number of rotatable bonds is 10. The maximum Gasteiger partial charge on any atom is 0.330 e. The molecule has 2 rings (SSSR count). The molecular formula is C20H25N3O4. The van der Waals surface area contributed by atoms with E-state index >= 15 is 0 Å². The Hall–Kier alpha value is -3.06. The summed E-state index contributed by atoms with van der Waals surface area (Å²) in [6.45, 7) is 1.98. The quantitative estimate of drug-likeness (QED) is 0.322.